The van der Waals surface area contributed by atoms with E-state index in [4.69, 9.17) is 14.7 Å². The lowest BCUT2D eigenvalue weighted by Crippen LogP contribution is -2.11. The Bertz CT molecular complexity index is 707. The third-order valence-electron chi connectivity index (χ3n) is 3.11. The number of hydrogen-bond donors (Lipinski definition) is 1. The molecule has 0 bridgehead atoms. The van der Waals surface area contributed by atoms with Gasteiger partial charge in [0.25, 0.3) is 0 Å². The molecule has 0 spiro atoms. The fourth-order valence-corrected chi connectivity index (χ4v) is 2.50. The molecule has 2 N–H and O–H groups in total. The summed E-state index contributed by atoms with van der Waals surface area (Å²) in [5.41, 5.74) is 7.66. The molecule has 0 fully saturated rings. The highest BCUT2D eigenvalue weighted by atomic mass is 32.2. The van der Waals surface area contributed by atoms with Crippen molar-refractivity contribution in [1.82, 2.24) is 10.1 Å². The molecular weight excluding hydrogens is 274 g/mol. The summed E-state index contributed by atoms with van der Waals surface area (Å²) >= 11 is 1.75. The van der Waals surface area contributed by atoms with E-state index in [1.165, 1.54) is 0 Å². The van der Waals surface area contributed by atoms with Crippen molar-refractivity contribution in [1.29, 1.82) is 0 Å². The molecule has 0 saturated carbocycles. The normalized spacial score (nSPS) is 12.9. The molecule has 0 aliphatic rings. The molecule has 104 valence electrons. The van der Waals surface area contributed by atoms with Gasteiger partial charge in [0.05, 0.1) is 11.6 Å². The Kier molecular flexibility index (Phi) is 3.75. The zero-order valence-electron chi connectivity index (χ0n) is 11.1. The average molecular weight is 289 g/mol. The Morgan fingerprint density at radius 2 is 2.20 bits per heavy atom. The van der Waals surface area contributed by atoms with Crippen molar-refractivity contribution in [2.45, 2.75) is 12.5 Å². The molecule has 1 aromatic carbocycles. The molecule has 0 aliphatic carbocycles. The highest BCUT2D eigenvalue weighted by Gasteiger charge is 2.18. The fraction of sp³-hybridized carbons (Fsp3) is 0.286. The molecule has 2 aromatic heterocycles. The minimum atomic E-state index is -0.220. The fourth-order valence-electron chi connectivity index (χ4n) is 2.01. The summed E-state index contributed by atoms with van der Waals surface area (Å²) in [5, 5.41) is 4.97. The molecule has 0 aliphatic heterocycles. The largest absolute Gasteiger partial charge is 0.464 e. The second kappa shape index (κ2) is 5.68. The Hall–Kier alpha value is -1.79. The number of hydrogen-bond acceptors (Lipinski definition) is 6. The maximum absolute atomic E-state index is 6.03. The predicted molar refractivity (Wildman–Crippen MR) is 79.4 cm³/mol. The van der Waals surface area contributed by atoms with Crippen molar-refractivity contribution < 1.29 is 8.94 Å². The van der Waals surface area contributed by atoms with E-state index in [1.807, 2.05) is 30.5 Å². The van der Waals surface area contributed by atoms with Crippen LogP contribution in [0.4, 0.5) is 0 Å². The second-order valence-corrected chi connectivity index (χ2v) is 5.48. The summed E-state index contributed by atoms with van der Waals surface area (Å²) in [6, 6.07) is 7.53. The molecule has 0 amide bonds. The van der Waals surface area contributed by atoms with Gasteiger partial charge in [-0.05, 0) is 24.5 Å². The molecule has 5 nitrogen and oxygen atoms in total. The second-order valence-electron chi connectivity index (χ2n) is 4.49. The first-order valence-corrected chi connectivity index (χ1v) is 7.73. The lowest BCUT2D eigenvalue weighted by atomic mass is 10.1. The van der Waals surface area contributed by atoms with Gasteiger partial charge in [-0.3, -0.25) is 0 Å². The molecule has 0 saturated heterocycles. The average Bonchev–Trinajstić information content (AvgIpc) is 3.10. The molecular formula is C14H15N3O2S. The van der Waals surface area contributed by atoms with Crippen molar-refractivity contribution in [2.24, 2.45) is 5.73 Å². The number of nitrogens with zero attached hydrogens (tertiary/aromatic N) is 2. The highest BCUT2D eigenvalue weighted by molar-refractivity contribution is 7.98. The number of para-hydroxylation sites is 1. The molecule has 1 atom stereocenters. The van der Waals surface area contributed by atoms with Crippen molar-refractivity contribution >= 4 is 22.7 Å². The van der Waals surface area contributed by atoms with Gasteiger partial charge >= 0.3 is 0 Å². The van der Waals surface area contributed by atoms with Gasteiger partial charge in [0.15, 0.2) is 0 Å². The quantitative estimate of drug-likeness (QED) is 0.777. The zero-order chi connectivity index (χ0) is 13.9. The minimum absolute atomic E-state index is 0.220. The summed E-state index contributed by atoms with van der Waals surface area (Å²) in [7, 11) is 0. The van der Waals surface area contributed by atoms with Gasteiger partial charge in [0.1, 0.15) is 11.8 Å². The minimum Gasteiger partial charge on any atom is -0.464 e. The first-order chi connectivity index (χ1) is 9.79. The summed E-state index contributed by atoms with van der Waals surface area (Å²) in [4.78, 5) is 4.38. The van der Waals surface area contributed by atoms with Crippen LogP contribution in [0.25, 0.3) is 22.4 Å². The first-order valence-electron chi connectivity index (χ1n) is 6.34. The van der Waals surface area contributed by atoms with Crippen LogP contribution in [0.1, 0.15) is 18.4 Å². The maximum Gasteiger partial charge on any atom is 0.243 e. The van der Waals surface area contributed by atoms with Crippen molar-refractivity contribution in [2.75, 3.05) is 12.0 Å². The lowest BCUT2D eigenvalue weighted by molar-refractivity contribution is 0.353. The van der Waals surface area contributed by atoms with Gasteiger partial charge in [-0.25, -0.2) is 0 Å². The summed E-state index contributed by atoms with van der Waals surface area (Å²) in [5.74, 6) is 1.96. The molecule has 1 unspecified atom stereocenters. The lowest BCUT2D eigenvalue weighted by Gasteiger charge is -2.03. The van der Waals surface area contributed by atoms with Gasteiger partial charge in [0.2, 0.25) is 11.7 Å². The van der Waals surface area contributed by atoms with E-state index < -0.39 is 0 Å². The third-order valence-corrected chi connectivity index (χ3v) is 3.76. The van der Waals surface area contributed by atoms with E-state index in [2.05, 4.69) is 10.1 Å². The van der Waals surface area contributed by atoms with Crippen LogP contribution in [0.3, 0.4) is 0 Å². The van der Waals surface area contributed by atoms with Crippen molar-refractivity contribution in [3.05, 3.63) is 36.4 Å². The van der Waals surface area contributed by atoms with Crippen molar-refractivity contribution in [3.8, 4) is 11.4 Å². The van der Waals surface area contributed by atoms with E-state index in [9.17, 15) is 0 Å². The zero-order valence-corrected chi connectivity index (χ0v) is 11.9. The standard InChI is InChI=1S/C14H15N3O2S/c1-20-7-6-11(15)14-16-13(17-19-14)10-8-18-12-5-3-2-4-9(10)12/h2-5,8,11H,6-7,15H2,1H3. The van der Waals surface area contributed by atoms with Crippen molar-refractivity contribution in [3.63, 3.8) is 0 Å². The number of thioether (sulfide) groups is 1. The number of aromatic nitrogens is 2. The number of furan rings is 1. The molecule has 3 aromatic rings. The van der Waals surface area contributed by atoms with Gasteiger partial charge in [-0.15, -0.1) is 0 Å². The smallest absolute Gasteiger partial charge is 0.243 e. The molecule has 6 heteroatoms. The monoisotopic (exact) mass is 289 g/mol. The van der Waals surface area contributed by atoms with E-state index in [0.29, 0.717) is 11.7 Å². The summed E-state index contributed by atoms with van der Waals surface area (Å²) in [6.07, 6.45) is 4.51. The van der Waals surface area contributed by atoms with E-state index >= 15 is 0 Å². The summed E-state index contributed by atoms with van der Waals surface area (Å²) in [6.45, 7) is 0. The molecule has 20 heavy (non-hydrogen) atoms. The predicted octanol–water partition coefficient (Wildman–Crippen LogP) is 3.24. The van der Waals surface area contributed by atoms with Crippen LogP contribution in [0, 0.1) is 0 Å². The Balaban J connectivity index is 1.90. The number of nitrogens with two attached hydrogens (primary N) is 1. The molecule has 0 radical (unpaired) electrons. The molecule has 2 heterocycles. The van der Waals surface area contributed by atoms with E-state index in [1.54, 1.807) is 18.0 Å². The number of benzene rings is 1. The van der Waals surface area contributed by atoms with Crippen LogP contribution < -0.4 is 5.73 Å². The Morgan fingerprint density at radius 1 is 1.35 bits per heavy atom. The van der Waals surface area contributed by atoms with Crippen LogP contribution in [0.5, 0.6) is 0 Å². The van der Waals surface area contributed by atoms with Crippen LogP contribution in [0.2, 0.25) is 0 Å². The number of fused-ring (bicyclic) bond motifs is 1. The Labute approximate surface area is 120 Å². The van der Waals surface area contributed by atoms with Crippen LogP contribution in [-0.4, -0.2) is 22.1 Å². The van der Waals surface area contributed by atoms with Gasteiger partial charge in [0, 0.05) is 5.39 Å². The van der Waals surface area contributed by atoms with Gasteiger partial charge < -0.3 is 14.7 Å². The number of rotatable bonds is 5. The highest BCUT2D eigenvalue weighted by Crippen LogP contribution is 2.29. The summed E-state index contributed by atoms with van der Waals surface area (Å²) < 4.78 is 10.7. The van der Waals surface area contributed by atoms with Gasteiger partial charge in [-0.2, -0.15) is 16.7 Å². The topological polar surface area (TPSA) is 78.1 Å². The molecule has 3 rings (SSSR count). The first kappa shape index (κ1) is 13.2. The van der Waals surface area contributed by atoms with Crippen LogP contribution in [0.15, 0.2) is 39.5 Å². The van der Waals surface area contributed by atoms with E-state index in [0.717, 1.165) is 28.7 Å². The SMILES string of the molecule is CSCCC(N)c1nc(-c2coc3ccccc23)no1. The van der Waals surface area contributed by atoms with E-state index in [-0.39, 0.29) is 6.04 Å². The van der Waals surface area contributed by atoms with Gasteiger partial charge in [-0.1, -0.05) is 23.4 Å². The van der Waals surface area contributed by atoms with Crippen LogP contribution in [-0.2, 0) is 0 Å². The Morgan fingerprint density at radius 3 is 3.05 bits per heavy atom. The third kappa shape index (κ3) is 2.44. The van der Waals surface area contributed by atoms with Crippen LogP contribution >= 0.6 is 11.8 Å². The maximum atomic E-state index is 6.03.